The average Bonchev–Trinajstić information content (AvgIpc) is 3.10. The van der Waals surface area contributed by atoms with Crippen LogP contribution in [-0.2, 0) is 23.0 Å². The van der Waals surface area contributed by atoms with Crippen molar-refractivity contribution >= 4 is 27.6 Å². The SMILES string of the molecule is Cc1cccc(C)c1-c1cc(Cl)nc(NS(=O)(=O)c2cccc(CC3CC(C)CN(Cc4ccccc4)[C@@H](CC(C)C)C3)c2)n1. The highest BCUT2D eigenvalue weighted by Crippen LogP contribution is 2.33. The van der Waals surface area contributed by atoms with Crippen LogP contribution in [0.1, 0.15) is 62.3 Å². The Morgan fingerprint density at radius 3 is 2.31 bits per heavy atom. The van der Waals surface area contributed by atoms with Crippen molar-refractivity contribution < 1.29 is 8.42 Å². The van der Waals surface area contributed by atoms with Crippen LogP contribution in [0.15, 0.2) is 83.8 Å². The number of sulfonamides is 1. The number of anilines is 1. The van der Waals surface area contributed by atoms with E-state index in [0.29, 0.717) is 29.5 Å². The van der Waals surface area contributed by atoms with Gasteiger partial charge in [-0.2, -0.15) is 0 Å². The summed E-state index contributed by atoms with van der Waals surface area (Å²) in [5.74, 6) is 1.58. The first kappa shape index (κ1) is 33.1. The first-order valence-corrected chi connectivity index (χ1v) is 17.8. The Labute approximate surface area is 274 Å². The van der Waals surface area contributed by atoms with Gasteiger partial charge in [0.1, 0.15) is 5.15 Å². The summed E-state index contributed by atoms with van der Waals surface area (Å²) in [7, 11) is -3.94. The van der Waals surface area contributed by atoms with E-state index in [4.69, 9.17) is 11.6 Å². The molecule has 0 amide bonds. The number of rotatable bonds is 10. The Balaban J connectivity index is 1.34. The fourth-order valence-electron chi connectivity index (χ4n) is 6.95. The minimum absolute atomic E-state index is 0.0433. The quantitative estimate of drug-likeness (QED) is 0.175. The minimum atomic E-state index is -3.94. The Morgan fingerprint density at radius 1 is 0.911 bits per heavy atom. The van der Waals surface area contributed by atoms with Crippen LogP contribution in [0.5, 0.6) is 0 Å². The molecule has 2 heterocycles. The molecule has 1 aliphatic rings. The summed E-state index contributed by atoms with van der Waals surface area (Å²) in [6.45, 7) is 13.0. The maximum atomic E-state index is 13.6. The number of nitrogens with one attached hydrogen (secondary N) is 1. The molecule has 238 valence electrons. The van der Waals surface area contributed by atoms with Gasteiger partial charge in [0.15, 0.2) is 0 Å². The van der Waals surface area contributed by atoms with Gasteiger partial charge in [-0.3, -0.25) is 4.90 Å². The molecule has 1 fully saturated rings. The third-order valence-corrected chi connectivity index (χ3v) is 10.3. The van der Waals surface area contributed by atoms with Gasteiger partial charge in [0, 0.05) is 30.8 Å². The second-order valence-corrected chi connectivity index (χ2v) is 15.3. The van der Waals surface area contributed by atoms with E-state index in [1.165, 1.54) is 5.56 Å². The molecule has 2 unspecified atom stereocenters. The first-order chi connectivity index (χ1) is 21.5. The molecule has 45 heavy (non-hydrogen) atoms. The number of halogens is 1. The summed E-state index contributed by atoms with van der Waals surface area (Å²) in [5, 5.41) is 0.175. The Hall–Kier alpha value is -3.26. The Morgan fingerprint density at radius 2 is 1.60 bits per heavy atom. The van der Waals surface area contributed by atoms with Gasteiger partial charge in [-0.25, -0.2) is 23.1 Å². The van der Waals surface area contributed by atoms with Gasteiger partial charge in [0.2, 0.25) is 5.95 Å². The maximum absolute atomic E-state index is 13.6. The van der Waals surface area contributed by atoms with Gasteiger partial charge in [-0.1, -0.05) is 93.0 Å². The lowest BCUT2D eigenvalue weighted by atomic mass is 9.86. The van der Waals surface area contributed by atoms with Crippen LogP contribution in [0.4, 0.5) is 5.95 Å². The standard InChI is InChI=1S/C37H45ClN4O2S/c1-25(2)17-32-20-31(18-26(3)23-42(32)24-29-13-7-6-8-14-29)19-30-15-10-16-33(21-30)45(43,44)41-37-39-34(22-35(38)40-37)36-27(4)11-9-12-28(36)5/h6-16,21-22,25-26,31-32H,17-20,23-24H2,1-5H3,(H,39,40,41)/t26?,31?,32-/m0/s1. The highest BCUT2D eigenvalue weighted by atomic mass is 35.5. The monoisotopic (exact) mass is 644 g/mol. The van der Waals surface area contributed by atoms with E-state index < -0.39 is 10.0 Å². The molecule has 0 radical (unpaired) electrons. The molecule has 0 spiro atoms. The van der Waals surface area contributed by atoms with Crippen molar-refractivity contribution in [2.24, 2.45) is 17.8 Å². The van der Waals surface area contributed by atoms with E-state index in [1.807, 2.05) is 44.2 Å². The van der Waals surface area contributed by atoms with E-state index in [1.54, 1.807) is 18.2 Å². The van der Waals surface area contributed by atoms with Crippen molar-refractivity contribution in [2.75, 3.05) is 11.3 Å². The van der Waals surface area contributed by atoms with Crippen molar-refractivity contribution in [3.8, 4) is 11.3 Å². The number of hydrogen-bond acceptors (Lipinski definition) is 5. The first-order valence-electron chi connectivity index (χ1n) is 16.0. The van der Waals surface area contributed by atoms with Crippen molar-refractivity contribution in [3.63, 3.8) is 0 Å². The molecule has 0 bridgehead atoms. The minimum Gasteiger partial charge on any atom is -0.296 e. The molecule has 3 atom stereocenters. The predicted molar refractivity (Wildman–Crippen MR) is 185 cm³/mol. The van der Waals surface area contributed by atoms with Gasteiger partial charge in [-0.05, 0) is 91.7 Å². The topological polar surface area (TPSA) is 75.2 Å². The van der Waals surface area contributed by atoms with Gasteiger partial charge in [-0.15, -0.1) is 0 Å². The van der Waals surface area contributed by atoms with E-state index in [-0.39, 0.29) is 16.0 Å². The largest absolute Gasteiger partial charge is 0.296 e. The van der Waals surface area contributed by atoms with E-state index in [2.05, 4.69) is 70.7 Å². The van der Waals surface area contributed by atoms with Crippen molar-refractivity contribution in [2.45, 2.75) is 77.8 Å². The fraction of sp³-hybridized carbons (Fsp3) is 0.405. The number of benzene rings is 3. The van der Waals surface area contributed by atoms with Crippen LogP contribution >= 0.6 is 11.6 Å². The molecule has 0 aliphatic carbocycles. The average molecular weight is 645 g/mol. The molecule has 4 aromatic rings. The zero-order chi connectivity index (χ0) is 32.1. The van der Waals surface area contributed by atoms with Crippen LogP contribution in [0.25, 0.3) is 11.3 Å². The number of aryl methyl sites for hydroxylation is 2. The van der Waals surface area contributed by atoms with Crippen molar-refractivity contribution in [3.05, 3.63) is 106 Å². The Bertz CT molecular complexity index is 1690. The van der Waals surface area contributed by atoms with E-state index in [9.17, 15) is 8.42 Å². The highest BCUT2D eigenvalue weighted by molar-refractivity contribution is 7.92. The van der Waals surface area contributed by atoms with Crippen molar-refractivity contribution in [1.29, 1.82) is 0 Å². The molecule has 0 saturated carbocycles. The highest BCUT2D eigenvalue weighted by Gasteiger charge is 2.30. The summed E-state index contributed by atoms with van der Waals surface area (Å²) in [6, 6.07) is 26.2. The normalized spacial score (nSPS) is 19.4. The second-order valence-electron chi connectivity index (χ2n) is 13.3. The molecule has 3 aromatic carbocycles. The lowest BCUT2D eigenvalue weighted by Crippen LogP contribution is -2.37. The smallest absolute Gasteiger partial charge is 0.264 e. The molecule has 1 N–H and O–H groups in total. The van der Waals surface area contributed by atoms with E-state index >= 15 is 0 Å². The van der Waals surface area contributed by atoms with Crippen molar-refractivity contribution in [1.82, 2.24) is 14.9 Å². The molecule has 1 aliphatic heterocycles. The molecular weight excluding hydrogens is 600 g/mol. The summed E-state index contributed by atoms with van der Waals surface area (Å²) < 4.78 is 29.8. The number of aromatic nitrogens is 2. The molecular formula is C37H45ClN4O2S. The summed E-state index contributed by atoms with van der Waals surface area (Å²) in [6.07, 6.45) is 4.21. The van der Waals surface area contributed by atoms with Gasteiger partial charge < -0.3 is 0 Å². The zero-order valence-electron chi connectivity index (χ0n) is 27.0. The van der Waals surface area contributed by atoms with Crippen LogP contribution in [0.3, 0.4) is 0 Å². The zero-order valence-corrected chi connectivity index (χ0v) is 28.6. The molecule has 5 rings (SSSR count). The third-order valence-electron chi connectivity index (χ3n) is 8.77. The fourth-order valence-corrected chi connectivity index (χ4v) is 8.15. The number of nitrogens with zero attached hydrogens (tertiary/aromatic N) is 3. The third kappa shape index (κ3) is 8.72. The van der Waals surface area contributed by atoms with Crippen LogP contribution < -0.4 is 4.72 Å². The van der Waals surface area contributed by atoms with Gasteiger partial charge >= 0.3 is 0 Å². The summed E-state index contributed by atoms with van der Waals surface area (Å²) in [4.78, 5) is 11.6. The lowest BCUT2D eigenvalue weighted by Gasteiger charge is -2.33. The number of hydrogen-bond donors (Lipinski definition) is 1. The van der Waals surface area contributed by atoms with E-state index in [0.717, 1.165) is 61.0 Å². The van der Waals surface area contributed by atoms with Gasteiger partial charge in [0.25, 0.3) is 10.0 Å². The number of likely N-dealkylation sites (tertiary alicyclic amines) is 1. The van der Waals surface area contributed by atoms with Crippen LogP contribution in [-0.4, -0.2) is 35.9 Å². The maximum Gasteiger partial charge on any atom is 0.264 e. The van der Waals surface area contributed by atoms with Gasteiger partial charge in [0.05, 0.1) is 10.6 Å². The summed E-state index contributed by atoms with van der Waals surface area (Å²) in [5.41, 5.74) is 5.93. The van der Waals surface area contributed by atoms with Crippen LogP contribution in [0.2, 0.25) is 5.15 Å². The molecule has 8 heteroatoms. The molecule has 1 saturated heterocycles. The molecule has 6 nitrogen and oxygen atoms in total. The second kappa shape index (κ2) is 14.4. The predicted octanol–water partition coefficient (Wildman–Crippen LogP) is 8.72. The summed E-state index contributed by atoms with van der Waals surface area (Å²) >= 11 is 6.35. The molecule has 1 aromatic heterocycles. The van der Waals surface area contributed by atoms with Crippen LogP contribution in [0, 0.1) is 31.6 Å². The lowest BCUT2D eigenvalue weighted by molar-refractivity contribution is 0.150. The Kier molecular flexibility index (Phi) is 10.6.